The minimum Gasteiger partial charge on any atom is -0.491 e. The first-order valence-electron chi connectivity index (χ1n) is 9.98. The smallest absolute Gasteiger partial charge is 0.270 e. The maximum absolute atomic E-state index is 12.7. The molecule has 2 fully saturated rings. The van der Waals surface area contributed by atoms with Crippen molar-refractivity contribution in [2.24, 2.45) is 5.92 Å². The molecule has 2 aromatic rings. The number of carbonyl (C=O) groups is 1. The molecule has 1 amide bonds. The van der Waals surface area contributed by atoms with Crippen LogP contribution in [0.15, 0.2) is 36.5 Å². The molecule has 2 aliphatic carbocycles. The van der Waals surface area contributed by atoms with Crippen LogP contribution in [-0.4, -0.2) is 34.8 Å². The molecule has 1 heterocycles. The number of ether oxygens (including phenoxy) is 1. The van der Waals surface area contributed by atoms with Crippen LogP contribution in [0.5, 0.6) is 5.75 Å². The molecule has 1 aromatic carbocycles. The Hall–Kier alpha value is -2.11. The lowest BCUT2D eigenvalue weighted by molar-refractivity contribution is 0.0714. The van der Waals surface area contributed by atoms with Gasteiger partial charge in [0.1, 0.15) is 11.4 Å². The molecule has 0 saturated heterocycles. The molecule has 2 saturated carbocycles. The van der Waals surface area contributed by atoms with Crippen molar-refractivity contribution in [1.82, 2.24) is 10.3 Å². The van der Waals surface area contributed by atoms with E-state index in [2.05, 4.69) is 10.3 Å². The molecule has 0 aliphatic heterocycles. The summed E-state index contributed by atoms with van der Waals surface area (Å²) in [6.07, 6.45) is 7.07. The van der Waals surface area contributed by atoms with Gasteiger partial charge in [0.05, 0.1) is 24.9 Å². The number of aliphatic hydroxyl groups is 1. The number of hydrogen-bond acceptors (Lipinski definition) is 4. The Bertz CT molecular complexity index is 836. The van der Waals surface area contributed by atoms with E-state index in [-0.39, 0.29) is 11.9 Å². The number of rotatable bonds is 6. The van der Waals surface area contributed by atoms with Crippen molar-refractivity contribution in [3.63, 3.8) is 0 Å². The van der Waals surface area contributed by atoms with Crippen LogP contribution < -0.4 is 10.1 Å². The highest BCUT2D eigenvalue weighted by Crippen LogP contribution is 2.34. The van der Waals surface area contributed by atoms with Crippen LogP contribution in [0.4, 0.5) is 0 Å². The van der Waals surface area contributed by atoms with Crippen LogP contribution in [-0.2, 0) is 0 Å². The number of pyridine rings is 1. The van der Waals surface area contributed by atoms with Crippen LogP contribution in [0.2, 0.25) is 5.02 Å². The normalized spacial score (nSPS) is 21.9. The van der Waals surface area contributed by atoms with Gasteiger partial charge in [0, 0.05) is 10.6 Å². The number of hydrogen-bond donors (Lipinski definition) is 2. The van der Waals surface area contributed by atoms with Gasteiger partial charge in [0.25, 0.3) is 5.91 Å². The molecule has 0 unspecified atom stereocenters. The van der Waals surface area contributed by atoms with E-state index >= 15 is 0 Å². The molecule has 5 nitrogen and oxygen atoms in total. The number of halogens is 1. The number of nitrogens with zero attached hydrogens (tertiary/aromatic N) is 1. The number of aromatic nitrogens is 1. The van der Waals surface area contributed by atoms with Gasteiger partial charge in [0.15, 0.2) is 0 Å². The van der Waals surface area contributed by atoms with Gasteiger partial charge in [-0.15, -0.1) is 0 Å². The summed E-state index contributed by atoms with van der Waals surface area (Å²) >= 11 is 6.02. The SMILES string of the molecule is O=C(N[C@H]1CCCC[C@H]1O)c1cc(-c2ccc(Cl)cc2)c(OCC2CC2)cn1. The minimum absolute atomic E-state index is 0.215. The molecule has 28 heavy (non-hydrogen) atoms. The molecule has 148 valence electrons. The van der Waals surface area contributed by atoms with Crippen molar-refractivity contribution in [3.05, 3.63) is 47.2 Å². The summed E-state index contributed by atoms with van der Waals surface area (Å²) in [5.74, 6) is 1.02. The second-order valence-electron chi connectivity index (χ2n) is 7.76. The van der Waals surface area contributed by atoms with E-state index in [0.717, 1.165) is 36.8 Å². The fraction of sp³-hybridized carbons (Fsp3) is 0.455. The van der Waals surface area contributed by atoms with Crippen LogP contribution in [0.25, 0.3) is 11.1 Å². The van der Waals surface area contributed by atoms with Crippen molar-refractivity contribution >= 4 is 17.5 Å². The van der Waals surface area contributed by atoms with Crippen molar-refractivity contribution in [2.75, 3.05) is 6.61 Å². The van der Waals surface area contributed by atoms with E-state index in [1.54, 1.807) is 12.3 Å². The molecule has 2 atom stereocenters. The predicted octanol–water partition coefficient (Wildman–Crippen LogP) is 4.22. The Morgan fingerprint density at radius 2 is 1.93 bits per heavy atom. The summed E-state index contributed by atoms with van der Waals surface area (Å²) in [6.45, 7) is 0.669. The number of carbonyl (C=O) groups excluding carboxylic acids is 1. The van der Waals surface area contributed by atoms with Crippen molar-refractivity contribution < 1.29 is 14.6 Å². The second-order valence-corrected chi connectivity index (χ2v) is 8.20. The molecular formula is C22H25ClN2O3. The van der Waals surface area contributed by atoms with Gasteiger partial charge in [-0.3, -0.25) is 4.79 Å². The van der Waals surface area contributed by atoms with E-state index < -0.39 is 6.10 Å². The maximum atomic E-state index is 12.7. The molecule has 2 N–H and O–H groups in total. The van der Waals surface area contributed by atoms with Gasteiger partial charge in [-0.1, -0.05) is 36.6 Å². The summed E-state index contributed by atoms with van der Waals surface area (Å²) in [6, 6.07) is 9.01. The Morgan fingerprint density at radius 3 is 2.64 bits per heavy atom. The van der Waals surface area contributed by atoms with Crippen molar-refractivity contribution in [3.8, 4) is 16.9 Å². The third-order valence-electron chi connectivity index (χ3n) is 5.47. The van der Waals surface area contributed by atoms with Gasteiger partial charge in [-0.25, -0.2) is 4.98 Å². The molecule has 0 bridgehead atoms. The van der Waals surface area contributed by atoms with E-state index in [1.807, 2.05) is 24.3 Å². The first-order valence-corrected chi connectivity index (χ1v) is 10.4. The van der Waals surface area contributed by atoms with E-state index in [0.29, 0.717) is 29.0 Å². The standard InChI is InChI=1S/C22H25ClN2O3/c23-16-9-7-15(8-10-16)17-11-19(24-12-21(17)28-13-14-5-6-14)22(27)25-18-3-1-2-4-20(18)26/h7-12,14,18,20,26H,1-6,13H2,(H,25,27)/t18-,20+/m0/s1. The highest BCUT2D eigenvalue weighted by atomic mass is 35.5. The monoisotopic (exact) mass is 400 g/mol. The maximum Gasteiger partial charge on any atom is 0.270 e. The summed E-state index contributed by atoms with van der Waals surface area (Å²) in [4.78, 5) is 17.1. The van der Waals surface area contributed by atoms with E-state index in [1.165, 1.54) is 12.8 Å². The van der Waals surface area contributed by atoms with Gasteiger partial charge in [-0.2, -0.15) is 0 Å². The van der Waals surface area contributed by atoms with Crippen LogP contribution in [0.1, 0.15) is 49.0 Å². The van der Waals surface area contributed by atoms with Gasteiger partial charge in [0.2, 0.25) is 0 Å². The summed E-state index contributed by atoms with van der Waals surface area (Å²) < 4.78 is 5.98. The number of amides is 1. The summed E-state index contributed by atoms with van der Waals surface area (Å²) in [7, 11) is 0. The van der Waals surface area contributed by atoms with Crippen molar-refractivity contribution in [1.29, 1.82) is 0 Å². The quantitative estimate of drug-likeness (QED) is 0.761. The Morgan fingerprint density at radius 1 is 1.18 bits per heavy atom. The lowest BCUT2D eigenvalue weighted by Crippen LogP contribution is -2.45. The molecule has 6 heteroatoms. The number of aliphatic hydroxyl groups excluding tert-OH is 1. The molecule has 2 aliphatic rings. The zero-order valence-corrected chi connectivity index (χ0v) is 16.5. The molecular weight excluding hydrogens is 376 g/mol. The molecule has 1 aromatic heterocycles. The number of benzene rings is 1. The summed E-state index contributed by atoms with van der Waals surface area (Å²) in [5, 5.41) is 13.7. The van der Waals surface area contributed by atoms with E-state index in [4.69, 9.17) is 16.3 Å². The zero-order valence-electron chi connectivity index (χ0n) is 15.7. The molecule has 4 rings (SSSR count). The summed E-state index contributed by atoms with van der Waals surface area (Å²) in [5.41, 5.74) is 2.06. The van der Waals surface area contributed by atoms with E-state index in [9.17, 15) is 9.90 Å². The van der Waals surface area contributed by atoms with Gasteiger partial charge >= 0.3 is 0 Å². The average Bonchev–Trinajstić information content (AvgIpc) is 3.53. The number of nitrogens with one attached hydrogen (secondary N) is 1. The third-order valence-corrected chi connectivity index (χ3v) is 5.72. The predicted molar refractivity (Wildman–Crippen MR) is 109 cm³/mol. The molecule has 0 radical (unpaired) electrons. The van der Waals surface area contributed by atoms with Gasteiger partial charge < -0.3 is 15.2 Å². The Balaban J connectivity index is 1.57. The topological polar surface area (TPSA) is 71.5 Å². The van der Waals surface area contributed by atoms with Gasteiger partial charge in [-0.05, 0) is 55.4 Å². The Labute approximate surface area is 170 Å². The van der Waals surface area contributed by atoms with Crippen molar-refractivity contribution in [2.45, 2.75) is 50.7 Å². The molecule has 0 spiro atoms. The minimum atomic E-state index is -0.491. The zero-order chi connectivity index (χ0) is 19.5. The highest BCUT2D eigenvalue weighted by molar-refractivity contribution is 6.30. The van der Waals surface area contributed by atoms with Crippen LogP contribution in [0.3, 0.4) is 0 Å². The second kappa shape index (κ2) is 8.50. The first-order chi connectivity index (χ1) is 13.6. The fourth-order valence-corrected chi connectivity index (χ4v) is 3.68. The lowest BCUT2D eigenvalue weighted by Gasteiger charge is -2.28. The highest BCUT2D eigenvalue weighted by Gasteiger charge is 2.26. The third kappa shape index (κ3) is 4.65. The fourth-order valence-electron chi connectivity index (χ4n) is 3.55. The Kier molecular flexibility index (Phi) is 5.83. The largest absolute Gasteiger partial charge is 0.491 e. The van der Waals surface area contributed by atoms with Crippen LogP contribution >= 0.6 is 11.6 Å². The average molecular weight is 401 g/mol. The van der Waals surface area contributed by atoms with Crippen LogP contribution in [0, 0.1) is 5.92 Å². The first kappa shape index (κ1) is 19.2. The lowest BCUT2D eigenvalue weighted by atomic mass is 9.92.